The summed E-state index contributed by atoms with van der Waals surface area (Å²) >= 11 is -3.90. The Hall–Kier alpha value is 0.988. The van der Waals surface area contributed by atoms with Crippen molar-refractivity contribution < 1.29 is 30.8 Å². The summed E-state index contributed by atoms with van der Waals surface area (Å²) in [4.78, 5) is 0. The maximum atomic E-state index is 7.07. The van der Waals surface area contributed by atoms with Crippen molar-refractivity contribution in [2.75, 3.05) is 0 Å². The summed E-state index contributed by atoms with van der Waals surface area (Å²) in [5.74, 6) is 0. The van der Waals surface area contributed by atoms with Crippen LogP contribution in [0.4, 0.5) is 0 Å². The van der Waals surface area contributed by atoms with E-state index in [1.54, 1.807) is 0 Å². The van der Waals surface area contributed by atoms with E-state index in [4.69, 9.17) is 12.7 Å². The van der Waals surface area contributed by atoms with Crippen molar-refractivity contribution in [1.82, 2.24) is 0 Å². The van der Waals surface area contributed by atoms with E-state index in [0.29, 0.717) is 0 Å². The molecule has 7 heteroatoms. The summed E-state index contributed by atoms with van der Waals surface area (Å²) < 4.78 is 27.5. The summed E-state index contributed by atoms with van der Waals surface area (Å²) in [6, 6.07) is 6.52. The predicted molar refractivity (Wildman–Crippen MR) is 118 cm³/mol. The molecule has 0 radical (unpaired) electrons. The zero-order chi connectivity index (χ0) is 21.1. The molecule has 0 fully saturated rings. The molecule has 0 aliphatic carbocycles. The molecule has 0 aliphatic rings. The van der Waals surface area contributed by atoms with Crippen LogP contribution < -0.4 is 0 Å². The molecule has 27 heavy (non-hydrogen) atoms. The van der Waals surface area contributed by atoms with Gasteiger partial charge >= 0.3 is 178 Å². The Morgan fingerprint density at radius 1 is 0.556 bits per heavy atom. The van der Waals surface area contributed by atoms with Gasteiger partial charge in [0.15, 0.2) is 0 Å². The number of rotatable bonds is 16. The molecule has 0 bridgehead atoms. The Morgan fingerprint density at radius 2 is 0.815 bits per heavy atom. The van der Waals surface area contributed by atoms with E-state index in [2.05, 4.69) is 69.2 Å². The van der Waals surface area contributed by atoms with Crippen LogP contribution in [0.15, 0.2) is 0 Å². The van der Waals surface area contributed by atoms with E-state index in [-0.39, 0.29) is 12.2 Å². The van der Waals surface area contributed by atoms with Gasteiger partial charge in [0, 0.05) is 0 Å². The summed E-state index contributed by atoms with van der Waals surface area (Å²) in [5.41, 5.74) is 0. The molecule has 0 amide bonds. The third-order valence-corrected chi connectivity index (χ3v) is 24.0. The summed E-state index contributed by atoms with van der Waals surface area (Å²) in [7, 11) is -3.84. The van der Waals surface area contributed by atoms with Gasteiger partial charge in [-0.2, -0.15) is 0 Å². The molecule has 0 saturated heterocycles. The molecular weight excluding hydrogens is 408 g/mol. The molecule has 0 aliphatic heterocycles. The van der Waals surface area contributed by atoms with Gasteiger partial charge in [-0.15, -0.1) is 0 Å². The van der Waals surface area contributed by atoms with Gasteiger partial charge in [-0.1, -0.05) is 0 Å². The topological polar surface area (TPSA) is 36.9 Å². The van der Waals surface area contributed by atoms with Crippen molar-refractivity contribution >= 4 is 16.6 Å². The Bertz CT molecular complexity index is 338. The third-order valence-electron chi connectivity index (χ3n) is 6.39. The second-order valence-electron chi connectivity index (χ2n) is 7.86. The van der Waals surface area contributed by atoms with E-state index in [0.717, 1.165) is 49.1 Å². The van der Waals surface area contributed by atoms with Gasteiger partial charge in [-0.05, 0) is 0 Å². The van der Waals surface area contributed by atoms with Crippen LogP contribution in [0.25, 0.3) is 0 Å². The molecule has 0 aromatic heterocycles. The van der Waals surface area contributed by atoms with Gasteiger partial charge in [-0.3, -0.25) is 0 Å². The second-order valence-corrected chi connectivity index (χ2v) is 21.5. The molecule has 2 unspecified atom stereocenters. The standard InChI is InChI=1S/2C6H15OSi.2C4H9O.Ti/c2*1-4-8(7,5-2)6-3;2*1-3-4(2)5;/h2*4-6H2,1-3H3;2*4H,3H2,1-2H3;/q4*-1;+4. The Kier molecular flexibility index (Phi) is 13.8. The van der Waals surface area contributed by atoms with Crippen molar-refractivity contribution in [1.29, 1.82) is 0 Å². The molecule has 0 heterocycles. The fourth-order valence-corrected chi connectivity index (χ4v) is 21.2. The Morgan fingerprint density at radius 3 is 1.00 bits per heavy atom. The summed E-state index contributed by atoms with van der Waals surface area (Å²) in [6.45, 7) is 22.2. The molecule has 0 aromatic carbocycles. The zero-order valence-electron chi connectivity index (χ0n) is 19.9. The van der Waals surface area contributed by atoms with E-state index >= 15 is 0 Å². The monoisotopic (exact) mass is 456 g/mol. The number of hydrogen-bond acceptors (Lipinski definition) is 4. The quantitative estimate of drug-likeness (QED) is 0.226. The first-order chi connectivity index (χ1) is 12.7. The molecule has 0 saturated carbocycles. The normalized spacial score (nSPS) is 15.8. The number of hydrogen-bond donors (Lipinski definition) is 0. The van der Waals surface area contributed by atoms with E-state index in [1.807, 2.05) is 0 Å². The second kappa shape index (κ2) is 13.3. The Balaban J connectivity index is 6.20. The average molecular weight is 457 g/mol. The fraction of sp³-hybridized carbons (Fsp3) is 1.00. The molecule has 4 nitrogen and oxygen atoms in total. The molecule has 0 aromatic rings. The van der Waals surface area contributed by atoms with Crippen LogP contribution >= 0.6 is 0 Å². The van der Waals surface area contributed by atoms with E-state index < -0.39 is 34.8 Å². The molecule has 2 atom stereocenters. The summed E-state index contributed by atoms with van der Waals surface area (Å²) in [6.07, 6.45) is 2.09. The first kappa shape index (κ1) is 28.0. The van der Waals surface area contributed by atoms with Gasteiger partial charge in [0.05, 0.1) is 0 Å². The minimum atomic E-state index is -3.90. The van der Waals surface area contributed by atoms with Crippen LogP contribution in [0.5, 0.6) is 0 Å². The van der Waals surface area contributed by atoms with Gasteiger partial charge < -0.3 is 0 Å². The van der Waals surface area contributed by atoms with Crippen LogP contribution in [0.1, 0.15) is 82.1 Å². The van der Waals surface area contributed by atoms with Gasteiger partial charge in [0.1, 0.15) is 0 Å². The molecular formula is C20H48O4Si2Ti. The van der Waals surface area contributed by atoms with Crippen LogP contribution in [-0.2, 0) is 30.8 Å². The predicted octanol–water partition coefficient (Wildman–Crippen LogP) is 7.47. The van der Waals surface area contributed by atoms with Crippen molar-refractivity contribution in [2.45, 2.75) is 131 Å². The minimum absolute atomic E-state index is 0.101. The van der Waals surface area contributed by atoms with Gasteiger partial charge in [0.2, 0.25) is 0 Å². The first-order valence-corrected chi connectivity index (χ1v) is 19.1. The van der Waals surface area contributed by atoms with Crippen LogP contribution in [0.3, 0.4) is 0 Å². The summed E-state index contributed by atoms with van der Waals surface area (Å²) in [5, 5.41) is 0. The molecule has 164 valence electrons. The third kappa shape index (κ3) is 8.33. The van der Waals surface area contributed by atoms with Crippen molar-refractivity contribution in [2.24, 2.45) is 0 Å². The fourth-order valence-electron chi connectivity index (χ4n) is 3.27. The Labute approximate surface area is 177 Å². The molecule has 0 spiro atoms. The SMILES string of the molecule is CCC(C)[O][Ti]([O]C(C)CC)([O][Si](CC)(CC)CC)[O][Si](CC)(CC)CC. The first-order valence-electron chi connectivity index (χ1n) is 11.4. The van der Waals surface area contributed by atoms with Crippen LogP contribution in [0.2, 0.25) is 36.3 Å². The van der Waals surface area contributed by atoms with Crippen LogP contribution in [-0.4, -0.2) is 28.8 Å². The van der Waals surface area contributed by atoms with Crippen LogP contribution in [0, 0.1) is 0 Å². The molecule has 0 rings (SSSR count). The molecule has 0 N–H and O–H groups in total. The van der Waals surface area contributed by atoms with Crippen molar-refractivity contribution in [3.63, 3.8) is 0 Å². The average Bonchev–Trinajstić information content (AvgIpc) is 2.70. The van der Waals surface area contributed by atoms with E-state index in [9.17, 15) is 0 Å². The zero-order valence-corrected chi connectivity index (χ0v) is 23.5. The van der Waals surface area contributed by atoms with Gasteiger partial charge in [-0.25, -0.2) is 0 Å². The maximum absolute atomic E-state index is 7.07. The van der Waals surface area contributed by atoms with Crippen molar-refractivity contribution in [3.8, 4) is 0 Å². The van der Waals surface area contributed by atoms with E-state index in [1.165, 1.54) is 0 Å². The van der Waals surface area contributed by atoms with Gasteiger partial charge in [0.25, 0.3) is 0 Å². The van der Waals surface area contributed by atoms with Crippen molar-refractivity contribution in [3.05, 3.63) is 0 Å².